The minimum atomic E-state index is -0.437. The SMILES string of the molecule is COC(=O)c1c(C)c(C)c(C(=O)OC)c(-c2ccccc2)c1-c1ccccc1. The van der Waals surface area contributed by atoms with E-state index in [0.29, 0.717) is 33.4 Å². The van der Waals surface area contributed by atoms with E-state index < -0.39 is 11.9 Å². The van der Waals surface area contributed by atoms with Gasteiger partial charge in [-0.1, -0.05) is 60.7 Å². The Hall–Kier alpha value is -3.40. The average Bonchev–Trinajstić information content (AvgIpc) is 2.75. The average molecular weight is 374 g/mol. The van der Waals surface area contributed by atoms with E-state index in [-0.39, 0.29) is 0 Å². The lowest BCUT2D eigenvalue weighted by Gasteiger charge is -2.22. The van der Waals surface area contributed by atoms with Gasteiger partial charge >= 0.3 is 11.9 Å². The summed E-state index contributed by atoms with van der Waals surface area (Å²) in [5.74, 6) is -0.874. The van der Waals surface area contributed by atoms with Crippen molar-refractivity contribution in [3.8, 4) is 22.3 Å². The van der Waals surface area contributed by atoms with Crippen LogP contribution in [-0.4, -0.2) is 26.2 Å². The van der Waals surface area contributed by atoms with Gasteiger partial charge in [0.1, 0.15) is 0 Å². The lowest BCUT2D eigenvalue weighted by molar-refractivity contribution is 0.0586. The van der Waals surface area contributed by atoms with Crippen molar-refractivity contribution in [3.63, 3.8) is 0 Å². The predicted octanol–water partition coefficient (Wildman–Crippen LogP) is 5.21. The predicted molar refractivity (Wildman–Crippen MR) is 109 cm³/mol. The topological polar surface area (TPSA) is 52.6 Å². The summed E-state index contributed by atoms with van der Waals surface area (Å²) in [5.41, 5.74) is 5.31. The van der Waals surface area contributed by atoms with Crippen LogP contribution in [0.3, 0.4) is 0 Å². The molecule has 3 aromatic carbocycles. The van der Waals surface area contributed by atoms with Crippen molar-refractivity contribution in [2.75, 3.05) is 14.2 Å². The fourth-order valence-corrected chi connectivity index (χ4v) is 3.50. The van der Waals surface area contributed by atoms with E-state index >= 15 is 0 Å². The first-order chi connectivity index (χ1) is 13.5. The zero-order valence-electron chi connectivity index (χ0n) is 16.4. The van der Waals surface area contributed by atoms with Crippen molar-refractivity contribution in [2.24, 2.45) is 0 Å². The minimum absolute atomic E-state index is 0.437. The highest BCUT2D eigenvalue weighted by Gasteiger charge is 2.29. The van der Waals surface area contributed by atoms with Crippen molar-refractivity contribution in [1.82, 2.24) is 0 Å². The summed E-state index contributed by atoms with van der Waals surface area (Å²) in [6.07, 6.45) is 0. The molecule has 4 nitrogen and oxygen atoms in total. The van der Waals surface area contributed by atoms with Crippen LogP contribution in [0.2, 0.25) is 0 Å². The number of rotatable bonds is 4. The van der Waals surface area contributed by atoms with E-state index in [9.17, 15) is 9.59 Å². The van der Waals surface area contributed by atoms with E-state index in [4.69, 9.17) is 9.47 Å². The van der Waals surface area contributed by atoms with Crippen molar-refractivity contribution in [2.45, 2.75) is 13.8 Å². The summed E-state index contributed by atoms with van der Waals surface area (Å²) in [5, 5.41) is 0. The number of hydrogen-bond acceptors (Lipinski definition) is 4. The van der Waals surface area contributed by atoms with Crippen LogP contribution in [0.25, 0.3) is 22.3 Å². The Bertz CT molecular complexity index is 937. The smallest absolute Gasteiger partial charge is 0.338 e. The second kappa shape index (κ2) is 8.09. The van der Waals surface area contributed by atoms with Crippen LogP contribution in [0.15, 0.2) is 60.7 Å². The Kier molecular flexibility index (Phi) is 5.59. The molecule has 0 aliphatic carbocycles. The molecule has 0 unspecified atom stereocenters. The molecule has 0 aliphatic rings. The van der Waals surface area contributed by atoms with Gasteiger partial charge in [0.05, 0.1) is 25.3 Å². The van der Waals surface area contributed by atoms with E-state index in [0.717, 1.165) is 11.1 Å². The first kappa shape index (κ1) is 19.4. The summed E-state index contributed by atoms with van der Waals surface area (Å²) in [7, 11) is 2.73. The molecule has 4 heteroatoms. The standard InChI is InChI=1S/C24H22O4/c1-15-16(2)20(24(26)28-4)22(18-13-9-6-10-14-18)21(19(15)23(25)27-3)17-11-7-5-8-12-17/h5-14H,1-4H3. The van der Waals surface area contributed by atoms with Gasteiger partial charge in [0.15, 0.2) is 0 Å². The molecule has 3 rings (SSSR count). The maximum Gasteiger partial charge on any atom is 0.338 e. The van der Waals surface area contributed by atoms with Crippen LogP contribution in [0.4, 0.5) is 0 Å². The molecule has 0 aliphatic heterocycles. The zero-order chi connectivity index (χ0) is 20.3. The van der Waals surface area contributed by atoms with E-state index in [1.807, 2.05) is 74.5 Å². The molecule has 0 bridgehead atoms. The zero-order valence-corrected chi connectivity index (χ0v) is 16.4. The lowest BCUT2D eigenvalue weighted by Crippen LogP contribution is -2.15. The number of methoxy groups -OCH3 is 2. The van der Waals surface area contributed by atoms with Crippen molar-refractivity contribution < 1.29 is 19.1 Å². The normalized spacial score (nSPS) is 10.4. The highest BCUT2D eigenvalue weighted by molar-refractivity contribution is 6.11. The van der Waals surface area contributed by atoms with Gasteiger partial charge in [-0.2, -0.15) is 0 Å². The second-order valence-electron chi connectivity index (χ2n) is 6.47. The number of carbonyl (C=O) groups excluding carboxylic acids is 2. The first-order valence-corrected chi connectivity index (χ1v) is 8.95. The molecule has 0 saturated heterocycles. The Morgan fingerprint density at radius 2 is 0.929 bits per heavy atom. The Morgan fingerprint density at radius 1 is 0.607 bits per heavy atom. The molecule has 3 aromatic rings. The van der Waals surface area contributed by atoms with Gasteiger partial charge in [-0.3, -0.25) is 0 Å². The van der Waals surface area contributed by atoms with Crippen molar-refractivity contribution >= 4 is 11.9 Å². The van der Waals surface area contributed by atoms with Gasteiger partial charge in [0.2, 0.25) is 0 Å². The van der Waals surface area contributed by atoms with Crippen LogP contribution >= 0.6 is 0 Å². The fourth-order valence-electron chi connectivity index (χ4n) is 3.50. The second-order valence-corrected chi connectivity index (χ2v) is 6.47. The summed E-state index contributed by atoms with van der Waals surface area (Å²) >= 11 is 0. The number of carbonyl (C=O) groups is 2. The molecular weight excluding hydrogens is 352 g/mol. The summed E-state index contributed by atoms with van der Waals surface area (Å²) in [6, 6.07) is 19.1. The van der Waals surface area contributed by atoms with Crippen LogP contribution in [0, 0.1) is 13.8 Å². The van der Waals surface area contributed by atoms with Gasteiger partial charge in [-0.15, -0.1) is 0 Å². The largest absolute Gasteiger partial charge is 0.465 e. The molecule has 0 spiro atoms. The molecule has 0 amide bonds. The van der Waals surface area contributed by atoms with Gasteiger partial charge in [0, 0.05) is 11.1 Å². The van der Waals surface area contributed by atoms with E-state index in [1.165, 1.54) is 14.2 Å². The van der Waals surface area contributed by atoms with Crippen LogP contribution in [0.5, 0.6) is 0 Å². The summed E-state index contributed by atoms with van der Waals surface area (Å²) in [4.78, 5) is 25.6. The summed E-state index contributed by atoms with van der Waals surface area (Å²) in [6.45, 7) is 3.66. The molecular formula is C24H22O4. The maximum atomic E-state index is 12.8. The third-order valence-electron chi connectivity index (χ3n) is 4.97. The molecule has 0 radical (unpaired) electrons. The van der Waals surface area contributed by atoms with Gasteiger partial charge < -0.3 is 9.47 Å². The molecule has 0 atom stereocenters. The van der Waals surface area contributed by atoms with Crippen LogP contribution < -0.4 is 0 Å². The molecule has 0 aromatic heterocycles. The van der Waals surface area contributed by atoms with Crippen LogP contribution in [-0.2, 0) is 9.47 Å². The van der Waals surface area contributed by atoms with Gasteiger partial charge in [-0.25, -0.2) is 9.59 Å². The monoisotopic (exact) mass is 374 g/mol. The van der Waals surface area contributed by atoms with Crippen LogP contribution in [0.1, 0.15) is 31.8 Å². The first-order valence-electron chi connectivity index (χ1n) is 8.95. The number of ether oxygens (including phenoxy) is 2. The highest BCUT2D eigenvalue weighted by atomic mass is 16.5. The summed E-state index contributed by atoms with van der Waals surface area (Å²) < 4.78 is 10.2. The maximum absolute atomic E-state index is 12.8. The van der Waals surface area contributed by atoms with E-state index in [1.54, 1.807) is 0 Å². The highest BCUT2D eigenvalue weighted by Crippen LogP contribution is 2.42. The van der Waals surface area contributed by atoms with Gasteiger partial charge in [-0.05, 0) is 36.1 Å². The fraction of sp³-hybridized carbons (Fsp3) is 0.167. The number of esters is 2. The molecule has 28 heavy (non-hydrogen) atoms. The molecule has 0 N–H and O–H groups in total. The molecule has 0 heterocycles. The van der Waals surface area contributed by atoms with Crippen molar-refractivity contribution in [3.05, 3.63) is 82.9 Å². The third kappa shape index (κ3) is 3.29. The van der Waals surface area contributed by atoms with Gasteiger partial charge in [0.25, 0.3) is 0 Å². The molecule has 0 saturated carbocycles. The van der Waals surface area contributed by atoms with E-state index in [2.05, 4.69) is 0 Å². The molecule has 142 valence electrons. The Balaban J connectivity index is 2.57. The Morgan fingerprint density at radius 3 is 1.21 bits per heavy atom. The lowest BCUT2D eigenvalue weighted by atomic mass is 9.81. The third-order valence-corrected chi connectivity index (χ3v) is 4.97. The number of benzene rings is 3. The van der Waals surface area contributed by atoms with Crippen molar-refractivity contribution in [1.29, 1.82) is 0 Å². The number of hydrogen-bond donors (Lipinski definition) is 0. The quantitative estimate of drug-likeness (QED) is 0.588. The Labute approximate surface area is 164 Å². The minimum Gasteiger partial charge on any atom is -0.465 e. The molecule has 0 fully saturated rings.